The minimum absolute atomic E-state index is 0.233. The second kappa shape index (κ2) is 9.77. The van der Waals surface area contributed by atoms with Gasteiger partial charge in [-0.25, -0.2) is 9.97 Å². The fourth-order valence-electron chi connectivity index (χ4n) is 3.69. The minimum Gasteiger partial charge on any atom is -0.454 e. The summed E-state index contributed by atoms with van der Waals surface area (Å²) in [6.45, 7) is 12.6. The van der Waals surface area contributed by atoms with Gasteiger partial charge >= 0.3 is 5.97 Å². The molecule has 0 spiro atoms. The van der Waals surface area contributed by atoms with E-state index >= 15 is 0 Å². The molecule has 0 bridgehead atoms. The molecule has 0 fully saturated rings. The predicted octanol–water partition coefficient (Wildman–Crippen LogP) is 3.31. The van der Waals surface area contributed by atoms with Crippen LogP contribution in [0.5, 0.6) is 0 Å². The lowest BCUT2D eigenvalue weighted by Crippen LogP contribution is -2.40. The number of aromatic nitrogens is 3. The summed E-state index contributed by atoms with van der Waals surface area (Å²) in [6.07, 6.45) is 1.35. The van der Waals surface area contributed by atoms with E-state index in [0.717, 1.165) is 21.5 Å². The second-order valence-corrected chi connectivity index (χ2v) is 9.96. The number of carbonyl (C=O) groups is 2. The predicted molar refractivity (Wildman–Crippen MR) is 126 cm³/mol. The smallest absolute Gasteiger partial charge is 0.326 e. The third kappa shape index (κ3) is 5.32. The van der Waals surface area contributed by atoms with E-state index in [1.54, 1.807) is 4.90 Å². The molecule has 0 saturated heterocycles. The number of nitrogens with zero attached hydrogens (tertiary/aromatic N) is 4. The molecular formula is C23H30N4O4S. The lowest BCUT2D eigenvalue weighted by atomic mass is 10.1. The summed E-state index contributed by atoms with van der Waals surface area (Å²) < 4.78 is 6.85. The van der Waals surface area contributed by atoms with E-state index in [4.69, 9.17) is 4.74 Å². The standard InChI is InChI=1S/C23H30N4O4S/c1-13(2)8-26(9-14(3)4)17(28)11-31-18(29)10-27-12-24-20-19-15(5)7-16(6)25-22(19)32-21(20)23(27)30/h7,12-14H,8-11H2,1-6H3. The molecule has 172 valence electrons. The van der Waals surface area contributed by atoms with Crippen molar-refractivity contribution in [3.05, 3.63) is 34.0 Å². The fourth-order valence-corrected chi connectivity index (χ4v) is 4.89. The van der Waals surface area contributed by atoms with Crippen LogP contribution in [-0.2, 0) is 20.9 Å². The minimum atomic E-state index is -0.651. The Morgan fingerprint density at radius 3 is 2.44 bits per heavy atom. The van der Waals surface area contributed by atoms with E-state index in [-0.39, 0.29) is 24.6 Å². The number of thiophene rings is 1. The molecule has 32 heavy (non-hydrogen) atoms. The van der Waals surface area contributed by atoms with E-state index in [1.807, 2.05) is 47.6 Å². The topological polar surface area (TPSA) is 94.4 Å². The molecule has 0 atom stereocenters. The second-order valence-electron chi connectivity index (χ2n) is 8.97. The first-order valence-corrected chi connectivity index (χ1v) is 11.6. The van der Waals surface area contributed by atoms with Crippen LogP contribution in [0.1, 0.15) is 39.0 Å². The number of fused-ring (bicyclic) bond motifs is 3. The van der Waals surface area contributed by atoms with Crippen molar-refractivity contribution < 1.29 is 14.3 Å². The molecule has 0 saturated carbocycles. The molecule has 0 N–H and O–H groups in total. The molecule has 0 unspecified atom stereocenters. The average molecular weight is 459 g/mol. The van der Waals surface area contributed by atoms with E-state index in [1.165, 1.54) is 22.2 Å². The van der Waals surface area contributed by atoms with E-state index < -0.39 is 5.97 Å². The lowest BCUT2D eigenvalue weighted by molar-refractivity contribution is -0.153. The number of hydrogen-bond acceptors (Lipinski definition) is 7. The first kappa shape index (κ1) is 23.8. The molecule has 0 aliphatic rings. The van der Waals surface area contributed by atoms with Crippen molar-refractivity contribution in [3.8, 4) is 0 Å². The van der Waals surface area contributed by atoms with Crippen LogP contribution in [0.3, 0.4) is 0 Å². The van der Waals surface area contributed by atoms with Gasteiger partial charge in [0.2, 0.25) is 0 Å². The van der Waals surface area contributed by atoms with Crippen molar-refractivity contribution in [2.75, 3.05) is 19.7 Å². The normalized spacial score (nSPS) is 11.6. The lowest BCUT2D eigenvalue weighted by Gasteiger charge is -2.26. The van der Waals surface area contributed by atoms with Crippen LogP contribution in [0.2, 0.25) is 0 Å². The number of aryl methyl sites for hydroxylation is 2. The number of ether oxygens (including phenoxy) is 1. The Hall–Kier alpha value is -2.81. The molecule has 3 rings (SSSR count). The number of rotatable bonds is 8. The van der Waals surface area contributed by atoms with Crippen molar-refractivity contribution in [2.45, 2.75) is 48.1 Å². The Labute approximate surface area is 191 Å². The molecular weight excluding hydrogens is 428 g/mol. The van der Waals surface area contributed by atoms with Gasteiger partial charge < -0.3 is 9.64 Å². The maximum absolute atomic E-state index is 12.9. The zero-order chi connectivity index (χ0) is 23.6. The summed E-state index contributed by atoms with van der Waals surface area (Å²) in [5, 5.41) is 0.864. The van der Waals surface area contributed by atoms with Crippen molar-refractivity contribution in [3.63, 3.8) is 0 Å². The maximum Gasteiger partial charge on any atom is 0.326 e. The zero-order valence-electron chi connectivity index (χ0n) is 19.5. The molecule has 0 aliphatic carbocycles. The Kier molecular flexibility index (Phi) is 7.28. The first-order chi connectivity index (χ1) is 15.1. The van der Waals surface area contributed by atoms with Gasteiger partial charge in [0.1, 0.15) is 16.1 Å². The number of amides is 1. The highest BCUT2D eigenvalue weighted by molar-refractivity contribution is 7.25. The molecule has 8 nitrogen and oxygen atoms in total. The molecule has 0 aromatic carbocycles. The van der Waals surface area contributed by atoms with Gasteiger partial charge in [0.15, 0.2) is 6.61 Å². The summed E-state index contributed by atoms with van der Waals surface area (Å²) in [5.41, 5.74) is 2.16. The average Bonchev–Trinajstić information content (AvgIpc) is 3.06. The van der Waals surface area contributed by atoms with Gasteiger partial charge in [0, 0.05) is 24.2 Å². The van der Waals surface area contributed by atoms with E-state index in [2.05, 4.69) is 9.97 Å². The van der Waals surface area contributed by atoms with Gasteiger partial charge in [0.25, 0.3) is 11.5 Å². The largest absolute Gasteiger partial charge is 0.454 e. The Morgan fingerprint density at radius 1 is 1.16 bits per heavy atom. The molecule has 3 aromatic heterocycles. The molecule has 0 radical (unpaired) electrons. The van der Waals surface area contributed by atoms with Gasteiger partial charge in [-0.2, -0.15) is 0 Å². The van der Waals surface area contributed by atoms with Crippen LogP contribution in [0.4, 0.5) is 0 Å². The number of hydrogen-bond donors (Lipinski definition) is 0. The van der Waals surface area contributed by atoms with Gasteiger partial charge in [-0.3, -0.25) is 19.0 Å². The zero-order valence-corrected chi connectivity index (χ0v) is 20.3. The van der Waals surface area contributed by atoms with Gasteiger partial charge in [-0.15, -0.1) is 11.3 Å². The number of esters is 1. The Bertz CT molecular complexity index is 1200. The van der Waals surface area contributed by atoms with Gasteiger partial charge in [-0.05, 0) is 37.3 Å². The molecule has 1 amide bonds. The Morgan fingerprint density at radius 2 is 1.81 bits per heavy atom. The van der Waals surface area contributed by atoms with E-state index in [0.29, 0.717) is 35.1 Å². The molecule has 9 heteroatoms. The quantitative estimate of drug-likeness (QED) is 0.481. The maximum atomic E-state index is 12.9. The van der Waals surface area contributed by atoms with Gasteiger partial charge in [0.05, 0.1) is 11.8 Å². The number of pyridine rings is 1. The summed E-state index contributed by atoms with van der Waals surface area (Å²) in [7, 11) is 0. The van der Waals surface area contributed by atoms with Crippen LogP contribution in [-0.4, -0.2) is 51.0 Å². The van der Waals surface area contributed by atoms with E-state index in [9.17, 15) is 14.4 Å². The molecule has 3 aromatic rings. The number of carbonyl (C=O) groups excluding carboxylic acids is 2. The Balaban J connectivity index is 1.73. The fraction of sp³-hybridized carbons (Fsp3) is 0.522. The van der Waals surface area contributed by atoms with Crippen molar-refractivity contribution in [1.82, 2.24) is 19.4 Å². The summed E-state index contributed by atoms with van der Waals surface area (Å²) >= 11 is 1.27. The SMILES string of the molecule is Cc1cc(C)c2c(n1)sc1c(=O)n(CC(=O)OCC(=O)N(CC(C)C)CC(C)C)cnc12. The first-order valence-electron chi connectivity index (χ1n) is 10.8. The highest BCUT2D eigenvalue weighted by Gasteiger charge is 2.19. The van der Waals surface area contributed by atoms with Crippen molar-refractivity contribution >= 4 is 43.6 Å². The van der Waals surface area contributed by atoms with Crippen molar-refractivity contribution in [2.24, 2.45) is 11.8 Å². The third-order valence-corrected chi connectivity index (χ3v) is 5.98. The van der Waals surface area contributed by atoms with Crippen LogP contribution < -0.4 is 5.56 Å². The van der Waals surface area contributed by atoms with Crippen LogP contribution in [0.25, 0.3) is 20.4 Å². The van der Waals surface area contributed by atoms with Crippen molar-refractivity contribution in [1.29, 1.82) is 0 Å². The van der Waals surface area contributed by atoms with Crippen LogP contribution in [0.15, 0.2) is 17.2 Å². The van der Waals surface area contributed by atoms with Crippen LogP contribution >= 0.6 is 11.3 Å². The molecule has 0 aliphatic heterocycles. The van der Waals surface area contributed by atoms with Gasteiger partial charge in [-0.1, -0.05) is 27.7 Å². The molecule has 3 heterocycles. The third-order valence-electron chi connectivity index (χ3n) is 4.92. The monoisotopic (exact) mass is 458 g/mol. The summed E-state index contributed by atoms with van der Waals surface area (Å²) in [6, 6.07) is 1.96. The highest BCUT2D eigenvalue weighted by atomic mass is 32.1. The summed E-state index contributed by atoms with van der Waals surface area (Å²) in [5.74, 6) is -0.258. The summed E-state index contributed by atoms with van der Waals surface area (Å²) in [4.78, 5) is 49.2. The van der Waals surface area contributed by atoms with Crippen LogP contribution in [0, 0.1) is 25.7 Å². The highest BCUT2D eigenvalue weighted by Crippen LogP contribution is 2.31.